The first-order valence-electron chi connectivity index (χ1n) is 5.98. The lowest BCUT2D eigenvalue weighted by Gasteiger charge is -2.23. The second-order valence-electron chi connectivity index (χ2n) is 4.69. The molecule has 3 nitrogen and oxygen atoms in total. The zero-order chi connectivity index (χ0) is 10.7. The van der Waals surface area contributed by atoms with Crippen molar-refractivity contribution in [2.45, 2.75) is 50.6 Å². The van der Waals surface area contributed by atoms with E-state index in [-0.39, 0.29) is 17.9 Å². The number of carbonyl (C=O) groups excluding carboxylic acids is 1. The molecule has 15 heavy (non-hydrogen) atoms. The Labute approximate surface area is 91.1 Å². The largest absolute Gasteiger partial charge is 0.353 e. The predicted octanol–water partition coefficient (Wildman–Crippen LogP) is 1.34. The van der Waals surface area contributed by atoms with E-state index in [1.54, 1.807) is 0 Å². The Morgan fingerprint density at radius 2 is 2.13 bits per heavy atom. The highest BCUT2D eigenvalue weighted by Gasteiger charge is 2.31. The summed E-state index contributed by atoms with van der Waals surface area (Å²) in [4.78, 5) is 11.9. The Hall–Kier alpha value is -0.830. The fraction of sp³-hybridized carbons (Fsp3) is 0.750. The van der Waals surface area contributed by atoms with Crippen molar-refractivity contribution in [2.24, 2.45) is 11.7 Å². The number of hydrogen-bond acceptors (Lipinski definition) is 2. The minimum absolute atomic E-state index is 0.0657. The molecule has 0 aromatic carbocycles. The second kappa shape index (κ2) is 4.79. The Bertz CT molecular complexity index is 262. The van der Waals surface area contributed by atoms with Gasteiger partial charge in [-0.2, -0.15) is 0 Å². The topological polar surface area (TPSA) is 55.1 Å². The summed E-state index contributed by atoms with van der Waals surface area (Å²) in [5, 5.41) is 3.12. The first-order chi connectivity index (χ1) is 7.27. The van der Waals surface area contributed by atoms with Crippen molar-refractivity contribution in [3.8, 4) is 0 Å². The third-order valence-electron chi connectivity index (χ3n) is 3.52. The normalized spacial score (nSPS) is 35.4. The minimum Gasteiger partial charge on any atom is -0.353 e. The van der Waals surface area contributed by atoms with Crippen LogP contribution in [0.5, 0.6) is 0 Å². The molecule has 84 valence electrons. The zero-order valence-corrected chi connectivity index (χ0v) is 9.11. The average Bonchev–Trinajstić information content (AvgIpc) is 2.66. The number of nitrogens with two attached hydrogens (primary N) is 1. The molecule has 1 fully saturated rings. The van der Waals surface area contributed by atoms with E-state index < -0.39 is 0 Å². The summed E-state index contributed by atoms with van der Waals surface area (Å²) in [6, 6.07) is 0.430. The quantitative estimate of drug-likeness (QED) is 0.673. The highest BCUT2D eigenvalue weighted by atomic mass is 16.2. The molecule has 2 rings (SSSR count). The molecule has 3 atom stereocenters. The Kier molecular flexibility index (Phi) is 3.41. The molecule has 2 aliphatic carbocycles. The van der Waals surface area contributed by atoms with Crippen molar-refractivity contribution < 1.29 is 4.79 Å². The van der Waals surface area contributed by atoms with Crippen LogP contribution in [0.25, 0.3) is 0 Å². The predicted molar refractivity (Wildman–Crippen MR) is 60.2 cm³/mol. The van der Waals surface area contributed by atoms with Gasteiger partial charge in [-0.1, -0.05) is 18.6 Å². The molecular formula is C12H20N2O. The molecule has 0 aromatic heterocycles. The van der Waals surface area contributed by atoms with E-state index in [4.69, 9.17) is 5.73 Å². The van der Waals surface area contributed by atoms with E-state index in [2.05, 4.69) is 17.5 Å². The molecular weight excluding hydrogens is 188 g/mol. The maximum Gasteiger partial charge on any atom is 0.224 e. The molecule has 0 heterocycles. The summed E-state index contributed by atoms with van der Waals surface area (Å²) in [6.07, 6.45) is 10.6. The number of amides is 1. The Morgan fingerprint density at radius 1 is 1.27 bits per heavy atom. The first-order valence-corrected chi connectivity index (χ1v) is 5.98. The van der Waals surface area contributed by atoms with Gasteiger partial charge in [0.25, 0.3) is 0 Å². The van der Waals surface area contributed by atoms with Crippen LogP contribution in [0.1, 0.15) is 38.5 Å². The molecule has 0 radical (unpaired) electrons. The molecule has 3 N–H and O–H groups in total. The zero-order valence-electron chi connectivity index (χ0n) is 9.11. The molecule has 0 spiro atoms. The van der Waals surface area contributed by atoms with E-state index in [1.165, 1.54) is 0 Å². The lowest BCUT2D eigenvalue weighted by atomic mass is 9.99. The lowest BCUT2D eigenvalue weighted by Crippen LogP contribution is -2.43. The van der Waals surface area contributed by atoms with Gasteiger partial charge in [-0.3, -0.25) is 4.79 Å². The van der Waals surface area contributed by atoms with Crippen molar-refractivity contribution in [3.63, 3.8) is 0 Å². The van der Waals surface area contributed by atoms with E-state index in [0.717, 1.165) is 38.5 Å². The van der Waals surface area contributed by atoms with Gasteiger partial charge >= 0.3 is 0 Å². The van der Waals surface area contributed by atoms with Crippen LogP contribution < -0.4 is 11.1 Å². The van der Waals surface area contributed by atoms with Gasteiger partial charge in [0, 0.05) is 12.1 Å². The van der Waals surface area contributed by atoms with Gasteiger partial charge in [0.15, 0.2) is 0 Å². The van der Waals surface area contributed by atoms with Crippen LogP contribution in [0.2, 0.25) is 0 Å². The summed E-state index contributed by atoms with van der Waals surface area (Å²) in [5.74, 6) is 0.246. The van der Waals surface area contributed by atoms with Crippen molar-refractivity contribution in [1.29, 1.82) is 0 Å². The van der Waals surface area contributed by atoms with Gasteiger partial charge in [-0.15, -0.1) is 0 Å². The number of carbonyl (C=O) groups is 1. The molecule has 0 bridgehead atoms. The fourth-order valence-corrected chi connectivity index (χ4v) is 2.55. The average molecular weight is 208 g/mol. The molecule has 3 heteroatoms. The van der Waals surface area contributed by atoms with Crippen molar-refractivity contribution in [2.75, 3.05) is 0 Å². The summed E-state index contributed by atoms with van der Waals surface area (Å²) >= 11 is 0. The smallest absolute Gasteiger partial charge is 0.224 e. The minimum atomic E-state index is 0.0657. The van der Waals surface area contributed by atoms with Crippen LogP contribution in [0.15, 0.2) is 12.2 Å². The SMILES string of the molecule is NC1CCCC1C(=O)NC1CC=CCC1. The van der Waals surface area contributed by atoms with E-state index >= 15 is 0 Å². The van der Waals surface area contributed by atoms with E-state index in [1.807, 2.05) is 0 Å². The van der Waals surface area contributed by atoms with E-state index in [9.17, 15) is 4.79 Å². The van der Waals surface area contributed by atoms with Gasteiger partial charge in [-0.25, -0.2) is 0 Å². The summed E-state index contributed by atoms with van der Waals surface area (Å²) in [5.41, 5.74) is 5.91. The second-order valence-corrected chi connectivity index (χ2v) is 4.69. The Morgan fingerprint density at radius 3 is 2.73 bits per heavy atom. The monoisotopic (exact) mass is 208 g/mol. The maximum absolute atomic E-state index is 11.9. The number of allylic oxidation sites excluding steroid dienone is 1. The standard InChI is InChI=1S/C12H20N2O/c13-11-8-4-7-10(11)12(15)14-9-5-2-1-3-6-9/h1-2,9-11H,3-8,13H2,(H,14,15). The molecule has 3 unspecified atom stereocenters. The van der Waals surface area contributed by atoms with Gasteiger partial charge in [0.1, 0.15) is 0 Å². The van der Waals surface area contributed by atoms with Crippen molar-refractivity contribution >= 4 is 5.91 Å². The van der Waals surface area contributed by atoms with Crippen LogP contribution in [0.4, 0.5) is 0 Å². The third kappa shape index (κ3) is 2.59. The molecule has 2 aliphatic rings. The van der Waals surface area contributed by atoms with Crippen LogP contribution in [-0.4, -0.2) is 18.0 Å². The third-order valence-corrected chi connectivity index (χ3v) is 3.52. The number of hydrogen-bond donors (Lipinski definition) is 2. The molecule has 0 aromatic rings. The first kappa shape index (κ1) is 10.7. The number of nitrogens with one attached hydrogen (secondary N) is 1. The molecule has 0 aliphatic heterocycles. The van der Waals surface area contributed by atoms with Crippen molar-refractivity contribution in [3.05, 3.63) is 12.2 Å². The van der Waals surface area contributed by atoms with Crippen LogP contribution in [-0.2, 0) is 4.79 Å². The highest BCUT2D eigenvalue weighted by molar-refractivity contribution is 5.80. The lowest BCUT2D eigenvalue weighted by molar-refractivity contribution is -0.125. The number of rotatable bonds is 2. The Balaban J connectivity index is 1.83. The maximum atomic E-state index is 11.9. The van der Waals surface area contributed by atoms with Gasteiger partial charge < -0.3 is 11.1 Å². The highest BCUT2D eigenvalue weighted by Crippen LogP contribution is 2.24. The van der Waals surface area contributed by atoms with Crippen LogP contribution in [0, 0.1) is 5.92 Å². The molecule has 0 saturated heterocycles. The summed E-state index contributed by atoms with van der Waals surface area (Å²) < 4.78 is 0. The molecule has 1 amide bonds. The van der Waals surface area contributed by atoms with Gasteiger partial charge in [0.05, 0.1) is 5.92 Å². The van der Waals surface area contributed by atoms with Gasteiger partial charge in [0.2, 0.25) is 5.91 Å². The fourth-order valence-electron chi connectivity index (χ4n) is 2.55. The van der Waals surface area contributed by atoms with Crippen LogP contribution >= 0.6 is 0 Å². The van der Waals surface area contributed by atoms with Crippen LogP contribution in [0.3, 0.4) is 0 Å². The summed E-state index contributed by atoms with van der Waals surface area (Å²) in [6.45, 7) is 0. The van der Waals surface area contributed by atoms with Crippen molar-refractivity contribution in [1.82, 2.24) is 5.32 Å². The summed E-state index contributed by atoms with van der Waals surface area (Å²) in [7, 11) is 0. The van der Waals surface area contributed by atoms with Gasteiger partial charge in [-0.05, 0) is 32.1 Å². The molecule has 1 saturated carbocycles. The van der Waals surface area contributed by atoms with E-state index in [0.29, 0.717) is 6.04 Å².